The largest absolute Gasteiger partial charge is 0.417 e. The first-order valence-corrected chi connectivity index (χ1v) is 12.6. The number of aryl methyl sites for hydroxylation is 1. The van der Waals surface area contributed by atoms with Crippen LogP contribution >= 0.6 is 0 Å². The molecule has 1 amide bonds. The lowest BCUT2D eigenvalue weighted by atomic mass is 9.99. The van der Waals surface area contributed by atoms with Crippen molar-refractivity contribution in [2.45, 2.75) is 13.5 Å². The number of hydrogen-bond donors (Lipinski definition) is 1. The first kappa shape index (κ1) is 25.0. The Hall–Kier alpha value is -4.67. The first-order valence-electron chi connectivity index (χ1n) is 12.6. The third-order valence-electron chi connectivity index (χ3n) is 6.68. The molecule has 7 heteroatoms. The molecule has 1 N–H and O–H groups in total. The minimum absolute atomic E-state index is 0.436. The lowest BCUT2D eigenvalue weighted by Gasteiger charge is -2.35. The van der Waals surface area contributed by atoms with Crippen LogP contribution in [0.5, 0.6) is 5.75 Å². The van der Waals surface area contributed by atoms with Gasteiger partial charge in [0.2, 0.25) is 0 Å². The number of nitrogens with one attached hydrogen (secondary N) is 1. The van der Waals surface area contributed by atoms with Crippen molar-refractivity contribution in [2.75, 3.05) is 36.4 Å². The molecule has 0 saturated carbocycles. The molecule has 1 saturated heterocycles. The van der Waals surface area contributed by atoms with Gasteiger partial charge in [-0.05, 0) is 65.6 Å². The first-order chi connectivity index (χ1) is 18.6. The van der Waals surface area contributed by atoms with Crippen LogP contribution in [-0.2, 0) is 6.54 Å². The molecule has 1 aliphatic rings. The summed E-state index contributed by atoms with van der Waals surface area (Å²) in [6, 6.07) is 29.3. The predicted octanol–water partition coefficient (Wildman–Crippen LogP) is 5.86. The summed E-state index contributed by atoms with van der Waals surface area (Å²) < 4.78 is 5.54. The number of hydrogen-bond acceptors (Lipinski definition) is 6. The fourth-order valence-corrected chi connectivity index (χ4v) is 4.57. The highest BCUT2D eigenvalue weighted by Gasteiger charge is 2.18. The molecule has 0 spiro atoms. The standard InChI is InChI=1S/C31H29N5O2/c1-23-7-13-28(19-29(23)26-10-8-24(20-32)9-11-26)38-31(37)34-27-12-14-30(33-21-27)36-17-15-35(16-18-36)22-25-5-3-2-4-6-25/h2-14,19,21H,15-18,22H2,1H3,(H,34,37). The third-order valence-corrected chi connectivity index (χ3v) is 6.68. The summed E-state index contributed by atoms with van der Waals surface area (Å²) in [5.41, 5.74) is 5.44. The minimum atomic E-state index is -0.580. The number of aromatic nitrogens is 1. The summed E-state index contributed by atoms with van der Waals surface area (Å²) in [5.74, 6) is 1.33. The number of ether oxygens (including phenoxy) is 1. The summed E-state index contributed by atoms with van der Waals surface area (Å²) in [7, 11) is 0. The van der Waals surface area contributed by atoms with Crippen molar-refractivity contribution >= 4 is 17.6 Å². The molecule has 0 radical (unpaired) electrons. The molecule has 4 aromatic rings. The molecule has 190 valence electrons. The van der Waals surface area contributed by atoms with E-state index in [4.69, 9.17) is 10.00 Å². The van der Waals surface area contributed by atoms with Crippen LogP contribution in [0.1, 0.15) is 16.7 Å². The molecule has 0 aliphatic carbocycles. The van der Waals surface area contributed by atoms with Crippen LogP contribution in [0.3, 0.4) is 0 Å². The Bertz CT molecular complexity index is 1420. The van der Waals surface area contributed by atoms with Gasteiger partial charge in [-0.25, -0.2) is 9.78 Å². The second-order valence-corrected chi connectivity index (χ2v) is 9.33. The fraction of sp³-hybridized carbons (Fsp3) is 0.194. The maximum atomic E-state index is 12.6. The van der Waals surface area contributed by atoms with E-state index in [2.05, 4.69) is 50.4 Å². The number of nitriles is 1. The zero-order valence-corrected chi connectivity index (χ0v) is 21.3. The van der Waals surface area contributed by atoms with Crippen LogP contribution in [0.15, 0.2) is 91.1 Å². The van der Waals surface area contributed by atoms with E-state index in [1.807, 2.05) is 49.4 Å². The second kappa shape index (κ2) is 11.6. The number of carbonyl (C=O) groups is 1. The smallest absolute Gasteiger partial charge is 0.410 e. The second-order valence-electron chi connectivity index (χ2n) is 9.33. The Labute approximate surface area is 222 Å². The summed E-state index contributed by atoms with van der Waals surface area (Å²) in [6.07, 6.45) is 1.08. The molecule has 1 aromatic heterocycles. The van der Waals surface area contributed by atoms with Gasteiger partial charge in [0.15, 0.2) is 0 Å². The van der Waals surface area contributed by atoms with Gasteiger partial charge in [0.1, 0.15) is 11.6 Å². The van der Waals surface area contributed by atoms with Crippen LogP contribution in [-0.4, -0.2) is 42.2 Å². The number of anilines is 2. The third kappa shape index (κ3) is 6.17. The summed E-state index contributed by atoms with van der Waals surface area (Å²) in [6.45, 7) is 6.72. The molecule has 3 aromatic carbocycles. The molecule has 0 bridgehead atoms. The molecule has 0 unspecified atom stereocenters. The van der Waals surface area contributed by atoms with Crippen LogP contribution in [0, 0.1) is 18.3 Å². The number of nitrogens with zero attached hydrogens (tertiary/aromatic N) is 4. The maximum Gasteiger partial charge on any atom is 0.417 e. The van der Waals surface area contributed by atoms with Crippen LogP contribution in [0.4, 0.5) is 16.3 Å². The van der Waals surface area contributed by atoms with Gasteiger partial charge < -0.3 is 9.64 Å². The zero-order valence-electron chi connectivity index (χ0n) is 21.3. The maximum absolute atomic E-state index is 12.6. The molecule has 1 fully saturated rings. The van der Waals surface area contributed by atoms with Gasteiger partial charge in [-0.3, -0.25) is 10.2 Å². The van der Waals surface area contributed by atoms with Gasteiger partial charge in [0, 0.05) is 32.7 Å². The Morgan fingerprint density at radius 2 is 1.74 bits per heavy atom. The molecule has 2 heterocycles. The lowest BCUT2D eigenvalue weighted by molar-refractivity contribution is 0.215. The van der Waals surface area contributed by atoms with E-state index in [0.29, 0.717) is 17.0 Å². The number of benzene rings is 3. The Kier molecular flexibility index (Phi) is 7.62. The molecule has 1 aliphatic heterocycles. The van der Waals surface area contributed by atoms with Crippen molar-refractivity contribution in [3.05, 3.63) is 108 Å². The average Bonchev–Trinajstić information content (AvgIpc) is 2.95. The monoisotopic (exact) mass is 503 g/mol. The van der Waals surface area contributed by atoms with Crippen molar-refractivity contribution in [1.82, 2.24) is 9.88 Å². The Morgan fingerprint density at radius 3 is 2.42 bits per heavy atom. The highest BCUT2D eigenvalue weighted by atomic mass is 16.6. The highest BCUT2D eigenvalue weighted by molar-refractivity contribution is 5.86. The highest BCUT2D eigenvalue weighted by Crippen LogP contribution is 2.28. The quantitative estimate of drug-likeness (QED) is 0.355. The minimum Gasteiger partial charge on any atom is -0.410 e. The molecule has 7 nitrogen and oxygen atoms in total. The topological polar surface area (TPSA) is 81.5 Å². The van der Waals surface area contributed by atoms with Crippen molar-refractivity contribution < 1.29 is 9.53 Å². The van der Waals surface area contributed by atoms with Crippen LogP contribution in [0.25, 0.3) is 11.1 Å². The SMILES string of the molecule is Cc1ccc(OC(=O)Nc2ccc(N3CCN(Cc4ccccc4)CC3)nc2)cc1-c1ccc(C#N)cc1. The van der Waals surface area contributed by atoms with Gasteiger partial charge >= 0.3 is 6.09 Å². The van der Waals surface area contributed by atoms with Crippen molar-refractivity contribution in [2.24, 2.45) is 0 Å². The normalized spacial score (nSPS) is 13.5. The zero-order chi connectivity index (χ0) is 26.3. The number of pyridine rings is 1. The number of piperazine rings is 1. The summed E-state index contributed by atoms with van der Waals surface area (Å²) in [4.78, 5) is 21.8. The molecular formula is C31H29N5O2. The van der Waals surface area contributed by atoms with Crippen LogP contribution in [0.2, 0.25) is 0 Å². The van der Waals surface area contributed by atoms with Gasteiger partial charge in [-0.2, -0.15) is 5.26 Å². The summed E-state index contributed by atoms with van der Waals surface area (Å²) in [5, 5.41) is 11.8. The predicted molar refractivity (Wildman–Crippen MR) is 149 cm³/mol. The number of amides is 1. The molecular weight excluding hydrogens is 474 g/mol. The van der Waals surface area contributed by atoms with Crippen LogP contribution < -0.4 is 15.0 Å². The molecule has 0 atom stereocenters. The van der Waals surface area contributed by atoms with Crippen molar-refractivity contribution in [3.8, 4) is 22.9 Å². The Balaban J connectivity index is 1.15. The van der Waals surface area contributed by atoms with E-state index in [1.54, 1.807) is 24.4 Å². The fourth-order valence-electron chi connectivity index (χ4n) is 4.57. The number of carbonyl (C=O) groups excluding carboxylic acids is 1. The van der Waals surface area contributed by atoms with Crippen molar-refractivity contribution in [1.29, 1.82) is 5.26 Å². The Morgan fingerprint density at radius 1 is 0.974 bits per heavy atom. The van der Waals surface area contributed by atoms with E-state index in [-0.39, 0.29) is 0 Å². The lowest BCUT2D eigenvalue weighted by Crippen LogP contribution is -2.46. The van der Waals surface area contributed by atoms with E-state index in [9.17, 15) is 4.79 Å². The van der Waals surface area contributed by atoms with Crippen molar-refractivity contribution in [3.63, 3.8) is 0 Å². The molecule has 38 heavy (non-hydrogen) atoms. The van der Waals surface area contributed by atoms with Gasteiger partial charge in [0.05, 0.1) is 23.5 Å². The van der Waals surface area contributed by atoms with E-state index >= 15 is 0 Å². The van der Waals surface area contributed by atoms with E-state index < -0.39 is 6.09 Å². The van der Waals surface area contributed by atoms with Gasteiger partial charge in [-0.1, -0.05) is 48.5 Å². The van der Waals surface area contributed by atoms with E-state index in [0.717, 1.165) is 55.2 Å². The number of rotatable bonds is 6. The summed E-state index contributed by atoms with van der Waals surface area (Å²) >= 11 is 0. The van der Waals surface area contributed by atoms with Gasteiger partial charge in [0.25, 0.3) is 0 Å². The molecule has 5 rings (SSSR count). The van der Waals surface area contributed by atoms with Gasteiger partial charge in [-0.15, -0.1) is 0 Å². The average molecular weight is 504 g/mol. The van der Waals surface area contributed by atoms with E-state index in [1.165, 1.54) is 5.56 Å².